The summed E-state index contributed by atoms with van der Waals surface area (Å²) in [5, 5.41) is 0. The van der Waals surface area contributed by atoms with Gasteiger partial charge >= 0.3 is 0 Å². The molecule has 0 radical (unpaired) electrons. The lowest BCUT2D eigenvalue weighted by atomic mass is 10.2. The molecule has 0 aliphatic carbocycles. The molecule has 0 aromatic heterocycles. The maximum atomic E-state index is 12.1. The van der Waals surface area contributed by atoms with E-state index in [0.29, 0.717) is 5.56 Å². The molecular formula is C11H15IN2O3S. The van der Waals surface area contributed by atoms with Crippen molar-refractivity contribution >= 4 is 38.5 Å². The highest BCUT2D eigenvalue weighted by Crippen LogP contribution is 2.13. The number of carbonyl (C=O) groups excluding carboxylic acids is 1. The molecule has 1 aromatic rings. The largest absolute Gasteiger partial charge is 0.369 e. The molecule has 1 amide bonds. The Balaban J connectivity index is 2.89. The topological polar surface area (TPSA) is 80.5 Å². The van der Waals surface area contributed by atoms with Gasteiger partial charge in [0.1, 0.15) is 0 Å². The molecule has 0 saturated carbocycles. The average Bonchev–Trinajstić information content (AvgIpc) is 2.24. The molecule has 0 spiro atoms. The predicted octanol–water partition coefficient (Wildman–Crippen LogP) is 0.928. The molecule has 100 valence electrons. The number of nitrogens with two attached hydrogens (primary N) is 1. The fourth-order valence-electron chi connectivity index (χ4n) is 1.51. The molecule has 0 unspecified atom stereocenters. The zero-order chi connectivity index (χ0) is 13.8. The Morgan fingerprint density at radius 2 is 2.11 bits per heavy atom. The highest BCUT2D eigenvalue weighted by Gasteiger charge is 2.22. The molecule has 1 rings (SSSR count). The fraction of sp³-hybridized carbons (Fsp3) is 0.364. The van der Waals surface area contributed by atoms with Crippen molar-refractivity contribution in [3.05, 3.63) is 33.4 Å². The van der Waals surface area contributed by atoms with Crippen molar-refractivity contribution in [1.82, 2.24) is 4.31 Å². The van der Waals surface area contributed by atoms with Crippen molar-refractivity contribution in [3.63, 3.8) is 0 Å². The van der Waals surface area contributed by atoms with Crippen molar-refractivity contribution in [3.8, 4) is 0 Å². The van der Waals surface area contributed by atoms with Crippen LogP contribution in [0.15, 0.2) is 24.3 Å². The third kappa shape index (κ3) is 4.54. The summed E-state index contributed by atoms with van der Waals surface area (Å²) in [6, 6.07) is 7.24. The van der Waals surface area contributed by atoms with Gasteiger partial charge in [0, 0.05) is 10.1 Å². The van der Waals surface area contributed by atoms with Gasteiger partial charge in [0.05, 0.1) is 12.3 Å². The maximum Gasteiger partial charge on any atom is 0.232 e. The van der Waals surface area contributed by atoms with Crippen LogP contribution in [0, 0.1) is 3.57 Å². The standard InChI is InChI=1S/C11H15IN2O3S/c1-2-14(7-11(13)15)18(16,17)8-9-4-3-5-10(12)6-9/h3-6H,2,7-8H2,1H3,(H2,13,15). The maximum absolute atomic E-state index is 12.1. The zero-order valence-corrected chi connectivity index (χ0v) is 12.9. The SMILES string of the molecule is CCN(CC(N)=O)S(=O)(=O)Cc1cccc(I)c1. The third-order valence-electron chi connectivity index (χ3n) is 2.32. The second-order valence-corrected chi connectivity index (χ2v) is 6.99. The van der Waals surface area contributed by atoms with E-state index < -0.39 is 15.9 Å². The summed E-state index contributed by atoms with van der Waals surface area (Å²) < 4.78 is 26.3. The third-order valence-corrected chi connectivity index (χ3v) is 4.86. The lowest BCUT2D eigenvalue weighted by Gasteiger charge is -2.18. The minimum atomic E-state index is -3.51. The van der Waals surface area contributed by atoms with Gasteiger partial charge in [0.15, 0.2) is 0 Å². The van der Waals surface area contributed by atoms with E-state index in [9.17, 15) is 13.2 Å². The van der Waals surface area contributed by atoms with Gasteiger partial charge in [-0.1, -0.05) is 19.1 Å². The van der Waals surface area contributed by atoms with Crippen molar-refractivity contribution in [2.24, 2.45) is 5.73 Å². The first kappa shape index (κ1) is 15.4. The second kappa shape index (κ2) is 6.48. The van der Waals surface area contributed by atoms with Crippen LogP contribution in [0.2, 0.25) is 0 Å². The zero-order valence-electron chi connectivity index (χ0n) is 9.97. The van der Waals surface area contributed by atoms with Gasteiger partial charge in [0.2, 0.25) is 15.9 Å². The van der Waals surface area contributed by atoms with E-state index in [-0.39, 0.29) is 18.8 Å². The summed E-state index contributed by atoms with van der Waals surface area (Å²) in [6.07, 6.45) is 0. The summed E-state index contributed by atoms with van der Waals surface area (Å²) in [5.74, 6) is -0.770. The van der Waals surface area contributed by atoms with Gasteiger partial charge in [-0.15, -0.1) is 0 Å². The number of hydrogen-bond donors (Lipinski definition) is 1. The number of nitrogens with zero attached hydrogens (tertiary/aromatic N) is 1. The summed E-state index contributed by atoms with van der Waals surface area (Å²) in [7, 11) is -3.51. The summed E-state index contributed by atoms with van der Waals surface area (Å²) >= 11 is 2.12. The minimum Gasteiger partial charge on any atom is -0.369 e. The van der Waals surface area contributed by atoms with Gasteiger partial charge in [-0.05, 0) is 40.3 Å². The van der Waals surface area contributed by atoms with Crippen molar-refractivity contribution in [1.29, 1.82) is 0 Å². The molecule has 0 saturated heterocycles. The van der Waals surface area contributed by atoms with E-state index >= 15 is 0 Å². The lowest BCUT2D eigenvalue weighted by molar-refractivity contribution is -0.118. The lowest BCUT2D eigenvalue weighted by Crippen LogP contribution is -2.38. The number of primary amides is 1. The summed E-state index contributed by atoms with van der Waals surface area (Å²) in [5.41, 5.74) is 5.74. The molecule has 7 heteroatoms. The average molecular weight is 382 g/mol. The Hall–Kier alpha value is -0.670. The van der Waals surface area contributed by atoms with E-state index in [1.807, 2.05) is 6.07 Å². The first-order valence-electron chi connectivity index (χ1n) is 5.35. The number of likely N-dealkylation sites (N-methyl/N-ethyl adjacent to an activating group) is 1. The monoisotopic (exact) mass is 382 g/mol. The number of amides is 1. The first-order valence-corrected chi connectivity index (χ1v) is 8.04. The number of benzene rings is 1. The van der Waals surface area contributed by atoms with Crippen LogP contribution in [-0.4, -0.2) is 31.7 Å². The van der Waals surface area contributed by atoms with Crippen LogP contribution in [0.1, 0.15) is 12.5 Å². The fourth-order valence-corrected chi connectivity index (χ4v) is 3.62. The van der Waals surface area contributed by atoms with Gasteiger partial charge in [0.25, 0.3) is 0 Å². The van der Waals surface area contributed by atoms with Crippen molar-refractivity contribution < 1.29 is 13.2 Å². The van der Waals surface area contributed by atoms with Crippen LogP contribution < -0.4 is 5.73 Å². The highest BCUT2D eigenvalue weighted by molar-refractivity contribution is 14.1. The van der Waals surface area contributed by atoms with E-state index in [4.69, 9.17) is 5.73 Å². The first-order chi connectivity index (χ1) is 8.35. The minimum absolute atomic E-state index is 0.120. The van der Waals surface area contributed by atoms with Crippen LogP contribution in [0.4, 0.5) is 0 Å². The molecule has 0 heterocycles. The highest BCUT2D eigenvalue weighted by atomic mass is 127. The van der Waals surface area contributed by atoms with Crippen molar-refractivity contribution in [2.45, 2.75) is 12.7 Å². The van der Waals surface area contributed by atoms with Crippen LogP contribution in [0.3, 0.4) is 0 Å². The Morgan fingerprint density at radius 3 is 2.61 bits per heavy atom. The molecule has 5 nitrogen and oxygen atoms in total. The van der Waals surface area contributed by atoms with Gasteiger partial charge in [-0.25, -0.2) is 8.42 Å². The van der Waals surface area contributed by atoms with Crippen LogP contribution in [0.5, 0.6) is 0 Å². The number of halogens is 1. The molecule has 2 N–H and O–H groups in total. The van der Waals surface area contributed by atoms with E-state index in [1.165, 1.54) is 0 Å². The van der Waals surface area contributed by atoms with Gasteiger partial charge in [-0.3, -0.25) is 4.79 Å². The Kier molecular flexibility index (Phi) is 5.54. The van der Waals surface area contributed by atoms with E-state index in [2.05, 4.69) is 22.6 Å². The van der Waals surface area contributed by atoms with Crippen LogP contribution in [0.25, 0.3) is 0 Å². The number of hydrogen-bond acceptors (Lipinski definition) is 3. The molecular weight excluding hydrogens is 367 g/mol. The number of sulfonamides is 1. The Bertz CT molecular complexity index is 531. The van der Waals surface area contributed by atoms with E-state index in [0.717, 1.165) is 7.88 Å². The molecule has 0 bridgehead atoms. The molecule has 0 atom stereocenters. The predicted molar refractivity (Wildman–Crippen MR) is 78.2 cm³/mol. The summed E-state index contributed by atoms with van der Waals surface area (Å²) in [6.45, 7) is 1.63. The van der Waals surface area contributed by atoms with Crippen molar-refractivity contribution in [2.75, 3.05) is 13.1 Å². The normalized spacial score (nSPS) is 11.7. The van der Waals surface area contributed by atoms with Gasteiger partial charge in [-0.2, -0.15) is 4.31 Å². The second-order valence-electron chi connectivity index (χ2n) is 3.78. The number of rotatable bonds is 6. The number of carbonyl (C=O) groups is 1. The van der Waals surface area contributed by atoms with E-state index in [1.54, 1.807) is 25.1 Å². The molecule has 0 aliphatic heterocycles. The molecule has 18 heavy (non-hydrogen) atoms. The van der Waals surface area contributed by atoms with Gasteiger partial charge < -0.3 is 5.73 Å². The Labute approximate surface area is 121 Å². The quantitative estimate of drug-likeness (QED) is 0.744. The van der Waals surface area contributed by atoms with Crippen LogP contribution >= 0.6 is 22.6 Å². The molecule has 0 fully saturated rings. The molecule has 0 aliphatic rings. The smallest absolute Gasteiger partial charge is 0.232 e. The molecule has 1 aromatic carbocycles. The summed E-state index contributed by atoms with van der Waals surface area (Å²) in [4.78, 5) is 10.8. The van der Waals surface area contributed by atoms with Crippen LogP contribution in [-0.2, 0) is 20.6 Å². The Morgan fingerprint density at radius 1 is 1.44 bits per heavy atom.